The van der Waals surface area contributed by atoms with Gasteiger partial charge in [0, 0.05) is 6.07 Å². The number of nitrogens with two attached hydrogens (primary N) is 1. The van der Waals surface area contributed by atoms with Gasteiger partial charge in [0.25, 0.3) is 15.9 Å². The molecule has 0 aliphatic carbocycles. The number of hydrogen-bond acceptors (Lipinski definition) is 5. The summed E-state index contributed by atoms with van der Waals surface area (Å²) in [6, 6.07) is 3.45. The summed E-state index contributed by atoms with van der Waals surface area (Å²) in [5.74, 6) is -1.19. The van der Waals surface area contributed by atoms with E-state index < -0.39 is 28.6 Å². The third-order valence-corrected chi connectivity index (χ3v) is 4.09. The Morgan fingerprint density at radius 3 is 2.48 bits per heavy atom. The summed E-state index contributed by atoms with van der Waals surface area (Å²) in [7, 11) is -4.22. The van der Waals surface area contributed by atoms with E-state index >= 15 is 0 Å². The molecule has 0 aromatic heterocycles. The smallest absolute Gasteiger partial charge is 0.387 e. The highest BCUT2D eigenvalue weighted by atomic mass is 32.2. The van der Waals surface area contributed by atoms with Gasteiger partial charge in [0.2, 0.25) is 0 Å². The van der Waals surface area contributed by atoms with Gasteiger partial charge in [-0.1, -0.05) is 26.8 Å². The lowest BCUT2D eigenvalue weighted by Gasteiger charge is -2.22. The molecule has 1 rings (SSSR count). The summed E-state index contributed by atoms with van der Waals surface area (Å²) in [6.45, 7) is 2.50. The van der Waals surface area contributed by atoms with Gasteiger partial charge in [0.1, 0.15) is 5.75 Å². The maximum atomic E-state index is 12.2. The van der Waals surface area contributed by atoms with Crippen LogP contribution in [-0.2, 0) is 14.8 Å². The highest BCUT2D eigenvalue weighted by Gasteiger charge is 2.26. The van der Waals surface area contributed by atoms with Crippen molar-refractivity contribution in [3.05, 3.63) is 24.3 Å². The summed E-state index contributed by atoms with van der Waals surface area (Å²) in [5, 5.41) is 0. The van der Waals surface area contributed by atoms with Gasteiger partial charge in [-0.3, -0.25) is 4.79 Å². The number of alkyl halides is 2. The van der Waals surface area contributed by atoms with Gasteiger partial charge >= 0.3 is 6.61 Å². The molecule has 130 valence electrons. The molecule has 23 heavy (non-hydrogen) atoms. The van der Waals surface area contributed by atoms with Crippen molar-refractivity contribution in [1.82, 2.24) is 4.72 Å². The number of sulfonamides is 1. The van der Waals surface area contributed by atoms with Crippen molar-refractivity contribution in [3.63, 3.8) is 0 Å². The lowest BCUT2D eigenvalue weighted by molar-refractivity contribution is -0.121. The van der Waals surface area contributed by atoms with Crippen molar-refractivity contribution in [2.45, 2.75) is 44.7 Å². The molecule has 1 aromatic rings. The van der Waals surface area contributed by atoms with Crippen LogP contribution in [0.3, 0.4) is 0 Å². The van der Waals surface area contributed by atoms with E-state index in [0.717, 1.165) is 12.1 Å². The Kier molecular flexibility index (Phi) is 6.06. The first-order chi connectivity index (χ1) is 10.4. The number of carbonyl (C=O) groups is 1. The molecule has 0 saturated heterocycles. The maximum Gasteiger partial charge on any atom is 0.387 e. The number of benzene rings is 1. The predicted octanol–water partition coefficient (Wildman–Crippen LogP) is 1.86. The lowest BCUT2D eigenvalue weighted by Crippen LogP contribution is -2.45. The third kappa shape index (κ3) is 6.49. The average molecular weight is 350 g/mol. The number of carbonyl (C=O) groups excluding carboxylic acids is 1. The van der Waals surface area contributed by atoms with Gasteiger partial charge < -0.3 is 10.5 Å². The standard InChI is InChI=1S/C14H20F2N2O4S/c1-14(2,3)8-11(17)12(19)18-23(20,21)10-6-4-5-9(7-10)22-13(15)16/h4-7,11,13H,8,17H2,1-3H3,(H,18,19). The average Bonchev–Trinajstić information content (AvgIpc) is 2.35. The first-order valence-corrected chi connectivity index (χ1v) is 8.26. The maximum absolute atomic E-state index is 12.2. The van der Waals surface area contributed by atoms with Crippen LogP contribution >= 0.6 is 0 Å². The molecule has 9 heteroatoms. The molecular formula is C14H20F2N2O4S. The van der Waals surface area contributed by atoms with Gasteiger partial charge in [-0.2, -0.15) is 8.78 Å². The molecule has 0 aliphatic rings. The van der Waals surface area contributed by atoms with Crippen molar-refractivity contribution < 1.29 is 26.7 Å². The largest absolute Gasteiger partial charge is 0.435 e. The zero-order chi connectivity index (χ0) is 17.8. The SMILES string of the molecule is CC(C)(C)CC(N)C(=O)NS(=O)(=O)c1cccc(OC(F)F)c1. The first kappa shape index (κ1) is 19.3. The van der Waals surface area contributed by atoms with Crippen LogP contribution in [-0.4, -0.2) is 27.0 Å². The number of hydrogen-bond donors (Lipinski definition) is 2. The van der Waals surface area contributed by atoms with Gasteiger partial charge in [0.15, 0.2) is 0 Å². The molecule has 0 spiro atoms. The van der Waals surface area contributed by atoms with E-state index in [2.05, 4.69) is 4.74 Å². The molecule has 0 bridgehead atoms. The fourth-order valence-electron chi connectivity index (χ4n) is 1.84. The highest BCUT2D eigenvalue weighted by Crippen LogP contribution is 2.21. The molecule has 0 fully saturated rings. The fraction of sp³-hybridized carbons (Fsp3) is 0.500. The Hall–Kier alpha value is -1.74. The number of amides is 1. The van der Waals surface area contributed by atoms with Crippen molar-refractivity contribution in [3.8, 4) is 5.75 Å². The second kappa shape index (κ2) is 7.22. The van der Waals surface area contributed by atoms with Crippen LogP contribution in [0.4, 0.5) is 8.78 Å². The van der Waals surface area contributed by atoms with Crippen LogP contribution < -0.4 is 15.2 Å². The third-order valence-electron chi connectivity index (χ3n) is 2.74. The molecule has 3 N–H and O–H groups in total. The van der Waals surface area contributed by atoms with Crippen LogP contribution in [0.25, 0.3) is 0 Å². The van der Waals surface area contributed by atoms with E-state index in [-0.39, 0.29) is 22.5 Å². The Morgan fingerprint density at radius 1 is 1.35 bits per heavy atom. The quantitative estimate of drug-likeness (QED) is 0.816. The summed E-state index contributed by atoms with van der Waals surface area (Å²) in [6.07, 6.45) is 0.281. The van der Waals surface area contributed by atoms with Crippen molar-refractivity contribution in [2.75, 3.05) is 0 Å². The molecule has 1 unspecified atom stereocenters. The molecule has 6 nitrogen and oxygen atoms in total. The number of halogens is 2. The second-order valence-corrected chi connectivity index (χ2v) is 7.88. The van der Waals surface area contributed by atoms with Crippen molar-refractivity contribution >= 4 is 15.9 Å². The summed E-state index contributed by atoms with van der Waals surface area (Å²) in [4.78, 5) is 11.5. The summed E-state index contributed by atoms with van der Waals surface area (Å²) in [5.41, 5.74) is 5.43. The van der Waals surface area contributed by atoms with E-state index in [0.29, 0.717) is 0 Å². The van der Waals surface area contributed by atoms with Crippen LogP contribution in [0.5, 0.6) is 5.75 Å². The fourth-order valence-corrected chi connectivity index (χ4v) is 2.90. The molecule has 1 atom stereocenters. The highest BCUT2D eigenvalue weighted by molar-refractivity contribution is 7.90. The van der Waals surface area contributed by atoms with Gasteiger partial charge in [-0.25, -0.2) is 13.1 Å². The van der Waals surface area contributed by atoms with E-state index in [1.165, 1.54) is 12.1 Å². The summed E-state index contributed by atoms with van der Waals surface area (Å²) >= 11 is 0. The number of nitrogens with one attached hydrogen (secondary N) is 1. The Morgan fingerprint density at radius 2 is 1.96 bits per heavy atom. The lowest BCUT2D eigenvalue weighted by atomic mass is 9.88. The van der Waals surface area contributed by atoms with Gasteiger partial charge in [-0.05, 0) is 24.0 Å². The Labute approximate surface area is 134 Å². The van der Waals surface area contributed by atoms with E-state index in [9.17, 15) is 22.0 Å². The van der Waals surface area contributed by atoms with Crippen LogP contribution in [0.15, 0.2) is 29.2 Å². The first-order valence-electron chi connectivity index (χ1n) is 6.78. The van der Waals surface area contributed by atoms with Crippen molar-refractivity contribution in [2.24, 2.45) is 11.1 Å². The second-order valence-electron chi connectivity index (χ2n) is 6.19. The van der Waals surface area contributed by atoms with E-state index in [1.807, 2.05) is 25.5 Å². The predicted molar refractivity (Wildman–Crippen MR) is 80.4 cm³/mol. The molecule has 1 amide bonds. The molecule has 0 radical (unpaired) electrons. The molecular weight excluding hydrogens is 330 g/mol. The minimum absolute atomic E-state index is 0.258. The Balaban J connectivity index is 2.89. The zero-order valence-corrected chi connectivity index (χ0v) is 13.9. The summed E-state index contributed by atoms with van der Waals surface area (Å²) < 4.78 is 54.5. The van der Waals surface area contributed by atoms with Gasteiger partial charge in [-0.15, -0.1) is 0 Å². The Bertz CT molecular complexity index is 657. The van der Waals surface area contributed by atoms with Crippen molar-refractivity contribution in [1.29, 1.82) is 0 Å². The minimum Gasteiger partial charge on any atom is -0.435 e. The van der Waals surface area contributed by atoms with Crippen LogP contribution in [0.1, 0.15) is 27.2 Å². The number of ether oxygens (including phenoxy) is 1. The molecule has 0 saturated carbocycles. The van der Waals surface area contributed by atoms with Crippen LogP contribution in [0, 0.1) is 5.41 Å². The molecule has 1 aromatic carbocycles. The molecule has 0 aliphatic heterocycles. The van der Waals surface area contributed by atoms with Gasteiger partial charge in [0.05, 0.1) is 10.9 Å². The molecule has 0 heterocycles. The van der Waals surface area contributed by atoms with E-state index in [1.54, 1.807) is 0 Å². The van der Waals surface area contributed by atoms with E-state index in [4.69, 9.17) is 5.73 Å². The zero-order valence-electron chi connectivity index (χ0n) is 13.0. The van der Waals surface area contributed by atoms with Crippen LogP contribution in [0.2, 0.25) is 0 Å². The monoisotopic (exact) mass is 350 g/mol. The minimum atomic E-state index is -4.22. The topological polar surface area (TPSA) is 98.5 Å². The number of rotatable bonds is 6. The normalized spacial score (nSPS) is 13.7.